The van der Waals surface area contributed by atoms with Crippen molar-refractivity contribution < 1.29 is 24.2 Å². The highest BCUT2D eigenvalue weighted by Gasteiger charge is 2.09. The maximum Gasteiger partial charge on any atom is 0.335 e. The molecular weight excluding hydrogens is 334 g/mol. The molecule has 0 unspecified atom stereocenters. The molecule has 0 aromatic heterocycles. The van der Waals surface area contributed by atoms with Gasteiger partial charge in [-0.1, -0.05) is 18.2 Å². The maximum atomic E-state index is 12.0. The van der Waals surface area contributed by atoms with Crippen molar-refractivity contribution in [1.82, 2.24) is 5.32 Å². The van der Waals surface area contributed by atoms with Gasteiger partial charge in [0.15, 0.2) is 0 Å². The Hall–Kier alpha value is -3.02. The van der Waals surface area contributed by atoms with Crippen molar-refractivity contribution in [3.63, 3.8) is 0 Å². The molecule has 0 bridgehead atoms. The number of amides is 1. The van der Waals surface area contributed by atoms with Crippen molar-refractivity contribution in [2.45, 2.75) is 19.3 Å². The first-order valence-corrected chi connectivity index (χ1v) is 8.33. The molecule has 6 heteroatoms. The fraction of sp³-hybridized carbons (Fsp3) is 0.300. The van der Waals surface area contributed by atoms with Crippen LogP contribution in [0.2, 0.25) is 0 Å². The molecule has 0 atom stereocenters. The number of ether oxygens (including phenoxy) is 2. The van der Waals surface area contributed by atoms with Crippen LogP contribution in [0.3, 0.4) is 0 Å². The summed E-state index contributed by atoms with van der Waals surface area (Å²) in [6.07, 6.45) is 1.63. The molecule has 0 saturated heterocycles. The highest BCUT2D eigenvalue weighted by Crippen LogP contribution is 2.20. The molecule has 2 aromatic rings. The van der Waals surface area contributed by atoms with Gasteiger partial charge in [0.05, 0.1) is 19.8 Å². The monoisotopic (exact) mass is 357 g/mol. The van der Waals surface area contributed by atoms with Gasteiger partial charge in [0.25, 0.3) is 0 Å². The SMILES string of the molecule is COc1ccc(CCC(=O)NCCc2ccc(C(=O)O)cc2OC)cc1. The molecule has 0 aliphatic carbocycles. The summed E-state index contributed by atoms with van der Waals surface area (Å²) in [6.45, 7) is 0.463. The Kier molecular flexibility index (Phi) is 7.02. The smallest absolute Gasteiger partial charge is 0.335 e. The van der Waals surface area contributed by atoms with Gasteiger partial charge in [0, 0.05) is 13.0 Å². The lowest BCUT2D eigenvalue weighted by atomic mass is 10.1. The summed E-state index contributed by atoms with van der Waals surface area (Å²) in [5.74, 6) is 0.280. The normalized spacial score (nSPS) is 10.2. The van der Waals surface area contributed by atoms with E-state index in [4.69, 9.17) is 14.6 Å². The summed E-state index contributed by atoms with van der Waals surface area (Å²) < 4.78 is 10.3. The highest BCUT2D eigenvalue weighted by atomic mass is 16.5. The van der Waals surface area contributed by atoms with Gasteiger partial charge in [-0.05, 0) is 48.2 Å². The van der Waals surface area contributed by atoms with E-state index in [0.29, 0.717) is 31.6 Å². The van der Waals surface area contributed by atoms with Crippen molar-refractivity contribution in [2.24, 2.45) is 0 Å². The third-order valence-electron chi connectivity index (χ3n) is 4.05. The van der Waals surface area contributed by atoms with Gasteiger partial charge < -0.3 is 19.9 Å². The molecular formula is C20H23NO5. The van der Waals surface area contributed by atoms with Gasteiger partial charge in [-0.2, -0.15) is 0 Å². The molecule has 6 nitrogen and oxygen atoms in total. The molecule has 2 aromatic carbocycles. The molecule has 0 radical (unpaired) electrons. The minimum atomic E-state index is -0.998. The number of carbonyl (C=O) groups excluding carboxylic acids is 1. The van der Waals surface area contributed by atoms with E-state index in [1.807, 2.05) is 24.3 Å². The third kappa shape index (κ3) is 5.51. The molecule has 0 saturated carbocycles. The Labute approximate surface area is 152 Å². The van der Waals surface area contributed by atoms with Gasteiger partial charge in [-0.25, -0.2) is 4.79 Å². The zero-order valence-corrected chi connectivity index (χ0v) is 15.0. The Balaban J connectivity index is 1.79. The van der Waals surface area contributed by atoms with Crippen LogP contribution in [0, 0.1) is 0 Å². The van der Waals surface area contributed by atoms with Crippen molar-refractivity contribution in [3.8, 4) is 11.5 Å². The predicted molar refractivity (Wildman–Crippen MR) is 98.0 cm³/mol. The predicted octanol–water partition coefficient (Wildman–Crippen LogP) is 2.69. The molecule has 0 fully saturated rings. The van der Waals surface area contributed by atoms with Crippen LogP contribution in [0.4, 0.5) is 0 Å². The average Bonchev–Trinajstić information content (AvgIpc) is 2.66. The molecule has 0 aliphatic rings. The van der Waals surface area contributed by atoms with E-state index in [2.05, 4.69) is 5.32 Å². The van der Waals surface area contributed by atoms with E-state index in [1.165, 1.54) is 19.2 Å². The summed E-state index contributed by atoms with van der Waals surface area (Å²) in [7, 11) is 3.12. The van der Waals surface area contributed by atoms with E-state index < -0.39 is 5.97 Å². The van der Waals surface area contributed by atoms with Crippen molar-refractivity contribution in [2.75, 3.05) is 20.8 Å². The quantitative estimate of drug-likeness (QED) is 0.721. The molecule has 2 rings (SSSR count). The van der Waals surface area contributed by atoms with Crippen LogP contribution in [-0.2, 0) is 17.6 Å². The molecule has 0 aliphatic heterocycles. The van der Waals surface area contributed by atoms with E-state index in [0.717, 1.165) is 16.9 Å². The number of rotatable bonds is 9. The fourth-order valence-electron chi connectivity index (χ4n) is 2.56. The van der Waals surface area contributed by atoms with E-state index >= 15 is 0 Å². The Morgan fingerprint density at radius 1 is 1.00 bits per heavy atom. The van der Waals surface area contributed by atoms with Crippen LogP contribution in [0.25, 0.3) is 0 Å². The van der Waals surface area contributed by atoms with Gasteiger partial charge in [0.2, 0.25) is 5.91 Å². The highest BCUT2D eigenvalue weighted by molar-refractivity contribution is 5.88. The van der Waals surface area contributed by atoms with Gasteiger partial charge in [-0.15, -0.1) is 0 Å². The van der Waals surface area contributed by atoms with E-state index in [9.17, 15) is 9.59 Å². The minimum absolute atomic E-state index is 0.0260. The first-order valence-electron chi connectivity index (χ1n) is 8.33. The summed E-state index contributed by atoms with van der Waals surface area (Å²) in [6, 6.07) is 12.4. The average molecular weight is 357 g/mol. The first-order chi connectivity index (χ1) is 12.5. The summed E-state index contributed by atoms with van der Waals surface area (Å²) >= 11 is 0. The number of methoxy groups -OCH3 is 2. The Bertz CT molecular complexity index is 755. The number of aromatic carboxylic acids is 1. The zero-order valence-electron chi connectivity index (χ0n) is 15.0. The fourth-order valence-corrected chi connectivity index (χ4v) is 2.56. The lowest BCUT2D eigenvalue weighted by Crippen LogP contribution is -2.26. The molecule has 0 heterocycles. The molecule has 0 spiro atoms. The number of hydrogen-bond donors (Lipinski definition) is 2. The molecule has 1 amide bonds. The van der Waals surface area contributed by atoms with Gasteiger partial charge >= 0.3 is 5.97 Å². The first kappa shape index (κ1) is 19.3. The van der Waals surface area contributed by atoms with Crippen LogP contribution in [-0.4, -0.2) is 37.7 Å². The number of carbonyl (C=O) groups is 2. The lowest BCUT2D eigenvalue weighted by Gasteiger charge is -2.10. The third-order valence-corrected chi connectivity index (χ3v) is 4.05. The molecule has 138 valence electrons. The second-order valence-corrected chi connectivity index (χ2v) is 5.78. The van der Waals surface area contributed by atoms with Crippen molar-refractivity contribution in [1.29, 1.82) is 0 Å². The Morgan fingerprint density at radius 3 is 2.35 bits per heavy atom. The van der Waals surface area contributed by atoms with Crippen LogP contribution in [0.15, 0.2) is 42.5 Å². The zero-order chi connectivity index (χ0) is 18.9. The maximum absolute atomic E-state index is 12.0. The van der Waals surface area contributed by atoms with Crippen LogP contribution in [0.5, 0.6) is 11.5 Å². The summed E-state index contributed by atoms with van der Waals surface area (Å²) in [4.78, 5) is 23.0. The Morgan fingerprint density at radius 2 is 1.73 bits per heavy atom. The molecule has 26 heavy (non-hydrogen) atoms. The van der Waals surface area contributed by atoms with Crippen LogP contribution >= 0.6 is 0 Å². The van der Waals surface area contributed by atoms with Gasteiger partial charge in [-0.3, -0.25) is 4.79 Å². The number of benzene rings is 2. The second-order valence-electron chi connectivity index (χ2n) is 5.78. The number of nitrogens with one attached hydrogen (secondary N) is 1. The molecule has 2 N–H and O–H groups in total. The lowest BCUT2D eigenvalue weighted by molar-refractivity contribution is -0.121. The van der Waals surface area contributed by atoms with E-state index in [1.54, 1.807) is 13.2 Å². The van der Waals surface area contributed by atoms with Crippen LogP contribution < -0.4 is 14.8 Å². The minimum Gasteiger partial charge on any atom is -0.497 e. The van der Waals surface area contributed by atoms with Crippen molar-refractivity contribution >= 4 is 11.9 Å². The number of hydrogen-bond acceptors (Lipinski definition) is 4. The number of carboxylic acid groups (broad SMARTS) is 1. The largest absolute Gasteiger partial charge is 0.497 e. The summed E-state index contributed by atoms with van der Waals surface area (Å²) in [5.41, 5.74) is 2.11. The number of aryl methyl sites for hydroxylation is 1. The van der Waals surface area contributed by atoms with Crippen molar-refractivity contribution in [3.05, 3.63) is 59.2 Å². The van der Waals surface area contributed by atoms with E-state index in [-0.39, 0.29) is 11.5 Å². The topological polar surface area (TPSA) is 84.9 Å². The van der Waals surface area contributed by atoms with Gasteiger partial charge in [0.1, 0.15) is 11.5 Å². The standard InChI is InChI=1S/C20H23NO5/c1-25-17-8-3-14(4-9-17)5-10-19(22)21-12-11-15-6-7-16(20(23)24)13-18(15)26-2/h3-4,6-9,13H,5,10-12H2,1-2H3,(H,21,22)(H,23,24). The second kappa shape index (κ2) is 9.46. The number of carboxylic acids is 1. The summed E-state index contributed by atoms with van der Waals surface area (Å²) in [5, 5.41) is 11.9. The van der Waals surface area contributed by atoms with Crippen LogP contribution in [0.1, 0.15) is 27.9 Å².